The smallest absolute Gasteiger partial charge is 0.408 e. The molecule has 0 saturated heterocycles. The van der Waals surface area contributed by atoms with Crippen LogP contribution in [0.25, 0.3) is 0 Å². The zero-order chi connectivity index (χ0) is 25.1. The zero-order valence-electron chi connectivity index (χ0n) is 20.5. The van der Waals surface area contributed by atoms with E-state index in [-0.39, 0.29) is 12.5 Å². The predicted molar refractivity (Wildman–Crippen MR) is 132 cm³/mol. The molecule has 3 atom stereocenters. The van der Waals surface area contributed by atoms with Crippen LogP contribution in [0.5, 0.6) is 0 Å². The summed E-state index contributed by atoms with van der Waals surface area (Å²) in [5.41, 5.74) is 0.493. The highest BCUT2D eigenvalue weighted by Gasteiger charge is 2.35. The molecule has 0 bridgehead atoms. The van der Waals surface area contributed by atoms with Crippen LogP contribution in [0.4, 0.5) is 4.79 Å². The van der Waals surface area contributed by atoms with Crippen molar-refractivity contribution in [3.05, 3.63) is 71.8 Å². The van der Waals surface area contributed by atoms with Crippen molar-refractivity contribution in [3.8, 4) is 0 Å². The summed E-state index contributed by atoms with van der Waals surface area (Å²) in [5.74, 6) is -0.293. The summed E-state index contributed by atoms with van der Waals surface area (Å²) in [6.07, 6.45) is -0.442. The Hall–Kier alpha value is -2.90. The van der Waals surface area contributed by atoms with Crippen LogP contribution in [-0.4, -0.2) is 46.0 Å². The zero-order valence-corrected chi connectivity index (χ0v) is 20.5. The second-order valence-corrected chi connectivity index (χ2v) is 9.63. The van der Waals surface area contributed by atoms with E-state index in [2.05, 4.69) is 10.6 Å². The summed E-state index contributed by atoms with van der Waals surface area (Å²) in [6.45, 7) is 7.01. The molecule has 2 aromatic rings. The van der Waals surface area contributed by atoms with E-state index in [4.69, 9.17) is 4.74 Å². The fourth-order valence-electron chi connectivity index (χ4n) is 3.66. The van der Waals surface area contributed by atoms with Crippen LogP contribution in [-0.2, 0) is 22.6 Å². The molecule has 0 aromatic heterocycles. The quantitative estimate of drug-likeness (QED) is 0.379. The van der Waals surface area contributed by atoms with Crippen LogP contribution < -0.4 is 10.6 Å². The minimum atomic E-state index is -1.41. The Morgan fingerprint density at radius 2 is 1.50 bits per heavy atom. The van der Waals surface area contributed by atoms with Crippen LogP contribution in [0.2, 0.25) is 0 Å². The maximum absolute atomic E-state index is 13.2. The Kier molecular flexibility index (Phi) is 10.5. The fourth-order valence-corrected chi connectivity index (χ4v) is 3.66. The number of nitrogens with one attached hydrogen (secondary N) is 2. The van der Waals surface area contributed by atoms with Crippen molar-refractivity contribution in [1.29, 1.82) is 0 Å². The average molecular weight is 471 g/mol. The van der Waals surface area contributed by atoms with Crippen molar-refractivity contribution < 1.29 is 24.5 Å². The number of carbonyl (C=O) groups excluding carboxylic acids is 2. The normalized spacial score (nSPS) is 14.2. The molecule has 0 saturated carbocycles. The molecule has 34 heavy (non-hydrogen) atoms. The van der Waals surface area contributed by atoms with Gasteiger partial charge in [-0.1, -0.05) is 74.5 Å². The van der Waals surface area contributed by atoms with Gasteiger partial charge in [-0.2, -0.15) is 0 Å². The Morgan fingerprint density at radius 3 is 2.03 bits per heavy atom. The van der Waals surface area contributed by atoms with Crippen LogP contribution in [0.15, 0.2) is 60.7 Å². The Labute approximate surface area is 202 Å². The van der Waals surface area contributed by atoms with Gasteiger partial charge in [0.05, 0.1) is 11.6 Å². The summed E-state index contributed by atoms with van der Waals surface area (Å²) >= 11 is 0. The van der Waals surface area contributed by atoms with Crippen LogP contribution in [0.1, 0.15) is 51.7 Å². The molecule has 0 aliphatic heterocycles. The van der Waals surface area contributed by atoms with Gasteiger partial charge in [-0.15, -0.1) is 0 Å². The lowest BCUT2D eigenvalue weighted by Gasteiger charge is -2.33. The Balaban J connectivity index is 2.05. The molecule has 2 rings (SSSR count). The van der Waals surface area contributed by atoms with Gasteiger partial charge in [0.25, 0.3) is 0 Å². The van der Waals surface area contributed by atoms with E-state index >= 15 is 0 Å². The highest BCUT2D eigenvalue weighted by Crippen LogP contribution is 2.18. The molecule has 0 aliphatic rings. The topological polar surface area (TPSA) is 108 Å². The van der Waals surface area contributed by atoms with Crippen molar-refractivity contribution in [3.63, 3.8) is 0 Å². The van der Waals surface area contributed by atoms with Gasteiger partial charge >= 0.3 is 6.09 Å². The third-order valence-corrected chi connectivity index (χ3v) is 5.55. The summed E-state index contributed by atoms with van der Waals surface area (Å²) < 4.78 is 5.28. The van der Waals surface area contributed by atoms with Gasteiger partial charge in [-0.05, 0) is 50.2 Å². The highest BCUT2D eigenvalue weighted by atomic mass is 16.5. The Morgan fingerprint density at radius 1 is 0.941 bits per heavy atom. The number of amides is 2. The number of rotatable bonds is 12. The van der Waals surface area contributed by atoms with Crippen molar-refractivity contribution in [1.82, 2.24) is 10.6 Å². The number of ether oxygens (including phenoxy) is 1. The van der Waals surface area contributed by atoms with Gasteiger partial charge in [-0.3, -0.25) is 4.79 Å². The van der Waals surface area contributed by atoms with Gasteiger partial charge in [0.2, 0.25) is 5.91 Å². The first-order valence-electron chi connectivity index (χ1n) is 11.8. The monoisotopic (exact) mass is 470 g/mol. The molecule has 3 unspecified atom stereocenters. The third-order valence-electron chi connectivity index (χ3n) is 5.55. The third kappa shape index (κ3) is 9.53. The molecule has 0 aliphatic carbocycles. The minimum absolute atomic E-state index is 0.0970. The standard InChI is InChI=1S/C27H38N2O5/c1-19(2)17-23(29-26(32)34-18-21-13-9-6-10-14-21)25(31)28-22(24(30)27(3,4)33)16-15-20-11-7-5-8-12-20/h5-14,19,22-24,30,33H,15-18H2,1-4H3,(H,28,31)(H,29,32). The van der Waals surface area contributed by atoms with Crippen LogP contribution >= 0.6 is 0 Å². The van der Waals surface area contributed by atoms with Crippen LogP contribution in [0, 0.1) is 5.92 Å². The van der Waals surface area contributed by atoms with E-state index in [1.807, 2.05) is 74.5 Å². The van der Waals surface area contributed by atoms with Gasteiger partial charge in [0.15, 0.2) is 0 Å². The molecule has 2 aromatic carbocycles. The number of alkyl carbamates (subject to hydrolysis) is 1. The van der Waals surface area contributed by atoms with Crippen molar-refractivity contribution in [2.24, 2.45) is 5.92 Å². The highest BCUT2D eigenvalue weighted by molar-refractivity contribution is 5.85. The molecular weight excluding hydrogens is 432 g/mol. The number of hydrogen-bond acceptors (Lipinski definition) is 5. The van der Waals surface area contributed by atoms with Gasteiger partial charge in [0.1, 0.15) is 18.8 Å². The lowest BCUT2D eigenvalue weighted by atomic mass is 9.90. The van der Waals surface area contributed by atoms with Gasteiger partial charge in [-0.25, -0.2) is 4.79 Å². The maximum Gasteiger partial charge on any atom is 0.408 e. The molecule has 0 spiro atoms. The number of hydrogen-bond donors (Lipinski definition) is 4. The van der Waals surface area contributed by atoms with E-state index in [1.54, 1.807) is 0 Å². The molecule has 0 radical (unpaired) electrons. The number of carbonyl (C=O) groups is 2. The van der Waals surface area contributed by atoms with Crippen LogP contribution in [0.3, 0.4) is 0 Å². The molecular formula is C27H38N2O5. The molecule has 0 fully saturated rings. The first-order valence-corrected chi connectivity index (χ1v) is 11.8. The SMILES string of the molecule is CC(C)CC(NC(=O)OCc1ccccc1)C(=O)NC(CCc1ccccc1)C(O)C(C)(C)O. The van der Waals surface area contributed by atoms with E-state index < -0.39 is 35.8 Å². The number of aliphatic hydroxyl groups excluding tert-OH is 1. The van der Waals surface area contributed by atoms with Gasteiger partial charge < -0.3 is 25.6 Å². The summed E-state index contributed by atoms with van der Waals surface area (Å²) in [6, 6.07) is 17.5. The average Bonchev–Trinajstić information content (AvgIpc) is 2.80. The van der Waals surface area contributed by atoms with E-state index in [0.29, 0.717) is 19.3 Å². The largest absolute Gasteiger partial charge is 0.445 e. The second-order valence-electron chi connectivity index (χ2n) is 9.63. The predicted octanol–water partition coefficient (Wildman–Crippen LogP) is 3.58. The van der Waals surface area contributed by atoms with E-state index in [1.165, 1.54) is 13.8 Å². The molecule has 4 N–H and O–H groups in total. The number of aliphatic hydroxyl groups is 2. The number of benzene rings is 2. The minimum Gasteiger partial charge on any atom is -0.445 e. The van der Waals surface area contributed by atoms with Crippen molar-refractivity contribution >= 4 is 12.0 Å². The number of aryl methyl sites for hydroxylation is 1. The lowest BCUT2D eigenvalue weighted by Crippen LogP contribution is -2.57. The first-order chi connectivity index (χ1) is 16.1. The van der Waals surface area contributed by atoms with Gasteiger partial charge in [0, 0.05) is 0 Å². The summed E-state index contributed by atoms with van der Waals surface area (Å²) in [4.78, 5) is 25.6. The first kappa shape index (κ1) is 27.3. The molecule has 0 heterocycles. The molecule has 7 nitrogen and oxygen atoms in total. The summed E-state index contributed by atoms with van der Waals surface area (Å²) in [5, 5.41) is 26.7. The molecule has 7 heteroatoms. The van der Waals surface area contributed by atoms with E-state index in [0.717, 1.165) is 11.1 Å². The second kappa shape index (κ2) is 13.1. The molecule has 186 valence electrons. The van der Waals surface area contributed by atoms with Crippen molar-refractivity contribution in [2.45, 2.75) is 77.4 Å². The lowest BCUT2D eigenvalue weighted by molar-refractivity contribution is -0.127. The molecule has 2 amide bonds. The maximum atomic E-state index is 13.2. The fraction of sp³-hybridized carbons (Fsp3) is 0.481. The summed E-state index contributed by atoms with van der Waals surface area (Å²) in [7, 11) is 0. The van der Waals surface area contributed by atoms with Crippen molar-refractivity contribution in [2.75, 3.05) is 0 Å². The Bertz CT molecular complexity index is 881. The van der Waals surface area contributed by atoms with E-state index in [9.17, 15) is 19.8 Å².